The Balaban J connectivity index is 1.28. The molecule has 2 aromatic rings. The van der Waals surface area contributed by atoms with Crippen molar-refractivity contribution >= 4 is 16.5 Å². The fraction of sp³-hybridized carbons (Fsp3) is 0.647. The Bertz CT molecular complexity index is 696. The summed E-state index contributed by atoms with van der Waals surface area (Å²) in [6, 6.07) is 2.10. The van der Waals surface area contributed by atoms with Gasteiger partial charge in [-0.05, 0) is 56.9 Å². The molecule has 0 spiro atoms. The van der Waals surface area contributed by atoms with Crippen LogP contribution in [0.3, 0.4) is 0 Å². The molecule has 0 atom stereocenters. The summed E-state index contributed by atoms with van der Waals surface area (Å²) < 4.78 is 5.94. The summed E-state index contributed by atoms with van der Waals surface area (Å²) >= 11 is 1.67. The molecule has 0 saturated carbocycles. The lowest BCUT2D eigenvalue weighted by Gasteiger charge is -2.31. The van der Waals surface area contributed by atoms with E-state index in [4.69, 9.17) is 4.74 Å². The van der Waals surface area contributed by atoms with Crippen molar-refractivity contribution in [3.63, 3.8) is 0 Å². The summed E-state index contributed by atoms with van der Waals surface area (Å²) in [4.78, 5) is 2.33. The molecule has 2 aliphatic rings. The molecule has 3 heterocycles. The van der Waals surface area contributed by atoms with Crippen LogP contribution in [-0.4, -0.2) is 40.1 Å². The fourth-order valence-electron chi connectivity index (χ4n) is 3.45. The van der Waals surface area contributed by atoms with Gasteiger partial charge in [0.05, 0.1) is 12.3 Å². The Labute approximate surface area is 146 Å². The largest absolute Gasteiger partial charge is 0.476 e. The number of piperidine rings is 1. The first kappa shape index (κ1) is 15.7. The highest BCUT2D eigenvalue weighted by atomic mass is 32.1. The second-order valence-electron chi connectivity index (χ2n) is 6.71. The SMILES string of the molecule is Cc1nnc(N2CCC(COc3cc4c(nn3)CCCC4)CC2)s1. The van der Waals surface area contributed by atoms with Gasteiger partial charge in [-0.1, -0.05) is 11.3 Å². The van der Waals surface area contributed by atoms with E-state index in [1.54, 1.807) is 11.3 Å². The van der Waals surface area contributed by atoms with E-state index in [1.807, 2.05) is 6.92 Å². The van der Waals surface area contributed by atoms with Crippen LogP contribution in [0.1, 0.15) is 41.9 Å². The number of ether oxygens (including phenoxy) is 1. The summed E-state index contributed by atoms with van der Waals surface area (Å²) in [5, 5.41) is 19.0. The van der Waals surface area contributed by atoms with E-state index >= 15 is 0 Å². The number of hydrogen-bond donors (Lipinski definition) is 0. The highest BCUT2D eigenvalue weighted by Gasteiger charge is 2.22. The topological polar surface area (TPSA) is 64.0 Å². The minimum atomic E-state index is 0.577. The van der Waals surface area contributed by atoms with E-state index in [0.717, 1.165) is 61.2 Å². The molecule has 0 amide bonds. The van der Waals surface area contributed by atoms with Crippen molar-refractivity contribution in [1.82, 2.24) is 20.4 Å². The van der Waals surface area contributed by atoms with Gasteiger partial charge in [0.1, 0.15) is 5.01 Å². The summed E-state index contributed by atoms with van der Waals surface area (Å²) in [5.41, 5.74) is 2.49. The standard InChI is InChI=1S/C17H23N5OS/c1-12-18-21-17(24-12)22-8-6-13(7-9-22)11-23-16-10-14-4-2-3-5-15(14)19-20-16/h10,13H,2-9,11H2,1H3. The molecule has 0 N–H and O–H groups in total. The number of hydrogen-bond acceptors (Lipinski definition) is 7. The monoisotopic (exact) mass is 345 g/mol. The number of aryl methyl sites for hydroxylation is 3. The Morgan fingerprint density at radius 2 is 1.96 bits per heavy atom. The highest BCUT2D eigenvalue weighted by molar-refractivity contribution is 7.15. The van der Waals surface area contributed by atoms with E-state index in [1.165, 1.54) is 18.4 Å². The summed E-state index contributed by atoms with van der Waals surface area (Å²) in [6.07, 6.45) is 6.90. The Morgan fingerprint density at radius 3 is 2.75 bits per heavy atom. The summed E-state index contributed by atoms with van der Waals surface area (Å²) in [6.45, 7) is 4.79. The molecule has 0 radical (unpaired) electrons. The molecule has 0 unspecified atom stereocenters. The van der Waals surface area contributed by atoms with Crippen LogP contribution in [0.4, 0.5) is 5.13 Å². The van der Waals surface area contributed by atoms with Gasteiger partial charge in [-0.2, -0.15) is 5.10 Å². The number of rotatable bonds is 4. The Morgan fingerprint density at radius 1 is 1.12 bits per heavy atom. The van der Waals surface area contributed by atoms with E-state index in [-0.39, 0.29) is 0 Å². The van der Waals surface area contributed by atoms with Crippen molar-refractivity contribution in [1.29, 1.82) is 0 Å². The molecular weight excluding hydrogens is 322 g/mol. The zero-order valence-corrected chi connectivity index (χ0v) is 14.9. The molecule has 24 heavy (non-hydrogen) atoms. The van der Waals surface area contributed by atoms with Crippen LogP contribution in [0.15, 0.2) is 6.07 Å². The third kappa shape index (κ3) is 3.50. The van der Waals surface area contributed by atoms with Gasteiger partial charge in [0.25, 0.3) is 0 Å². The lowest BCUT2D eigenvalue weighted by atomic mass is 9.97. The molecule has 1 aliphatic carbocycles. The molecule has 0 bridgehead atoms. The quantitative estimate of drug-likeness (QED) is 0.849. The lowest BCUT2D eigenvalue weighted by Crippen LogP contribution is -2.35. The van der Waals surface area contributed by atoms with Gasteiger partial charge in [-0.3, -0.25) is 0 Å². The minimum absolute atomic E-state index is 0.577. The van der Waals surface area contributed by atoms with Crippen LogP contribution in [0.2, 0.25) is 0 Å². The first-order valence-electron chi connectivity index (χ1n) is 8.81. The Kier molecular flexibility index (Phi) is 4.60. The van der Waals surface area contributed by atoms with Crippen LogP contribution < -0.4 is 9.64 Å². The van der Waals surface area contributed by atoms with Crippen molar-refractivity contribution in [3.8, 4) is 5.88 Å². The van der Waals surface area contributed by atoms with Gasteiger partial charge < -0.3 is 9.64 Å². The van der Waals surface area contributed by atoms with Crippen LogP contribution >= 0.6 is 11.3 Å². The third-order valence-corrected chi connectivity index (χ3v) is 5.81. The number of aromatic nitrogens is 4. The van der Waals surface area contributed by atoms with E-state index in [9.17, 15) is 0 Å². The van der Waals surface area contributed by atoms with Gasteiger partial charge in [0.2, 0.25) is 11.0 Å². The average molecular weight is 345 g/mol. The van der Waals surface area contributed by atoms with E-state index < -0.39 is 0 Å². The molecule has 4 rings (SSSR count). The zero-order valence-electron chi connectivity index (χ0n) is 14.1. The molecule has 1 fully saturated rings. The summed E-state index contributed by atoms with van der Waals surface area (Å²) in [5.74, 6) is 1.27. The average Bonchev–Trinajstić information content (AvgIpc) is 3.07. The summed E-state index contributed by atoms with van der Waals surface area (Å²) in [7, 11) is 0. The number of fused-ring (bicyclic) bond motifs is 1. The number of anilines is 1. The van der Waals surface area contributed by atoms with E-state index in [2.05, 4.69) is 31.4 Å². The van der Waals surface area contributed by atoms with Crippen molar-refractivity contribution in [2.45, 2.75) is 45.4 Å². The van der Waals surface area contributed by atoms with Gasteiger partial charge in [-0.25, -0.2) is 0 Å². The zero-order chi connectivity index (χ0) is 16.4. The van der Waals surface area contributed by atoms with Crippen LogP contribution in [0, 0.1) is 12.8 Å². The first-order chi connectivity index (χ1) is 11.8. The maximum absolute atomic E-state index is 5.94. The van der Waals surface area contributed by atoms with Crippen molar-refractivity contribution in [2.24, 2.45) is 5.92 Å². The maximum Gasteiger partial charge on any atom is 0.233 e. The van der Waals surface area contributed by atoms with Gasteiger partial charge in [0, 0.05) is 19.2 Å². The number of nitrogens with zero attached hydrogens (tertiary/aromatic N) is 5. The predicted molar refractivity (Wildman–Crippen MR) is 93.8 cm³/mol. The van der Waals surface area contributed by atoms with Gasteiger partial charge in [-0.15, -0.1) is 15.3 Å². The van der Waals surface area contributed by atoms with Crippen molar-refractivity contribution in [2.75, 3.05) is 24.6 Å². The fourth-order valence-corrected chi connectivity index (χ4v) is 4.19. The van der Waals surface area contributed by atoms with E-state index in [0.29, 0.717) is 11.8 Å². The van der Waals surface area contributed by atoms with Crippen molar-refractivity contribution in [3.05, 3.63) is 22.3 Å². The molecule has 2 aromatic heterocycles. The minimum Gasteiger partial charge on any atom is -0.476 e. The molecular formula is C17H23N5OS. The Hall–Kier alpha value is -1.76. The van der Waals surface area contributed by atoms with Crippen molar-refractivity contribution < 1.29 is 4.74 Å². The van der Waals surface area contributed by atoms with Gasteiger partial charge in [0.15, 0.2) is 0 Å². The van der Waals surface area contributed by atoms with Crippen LogP contribution in [-0.2, 0) is 12.8 Å². The smallest absolute Gasteiger partial charge is 0.233 e. The van der Waals surface area contributed by atoms with Crippen LogP contribution in [0.5, 0.6) is 5.88 Å². The molecule has 6 nitrogen and oxygen atoms in total. The highest BCUT2D eigenvalue weighted by Crippen LogP contribution is 2.27. The molecule has 1 saturated heterocycles. The second kappa shape index (κ2) is 7.01. The predicted octanol–water partition coefficient (Wildman–Crippen LogP) is 2.81. The first-order valence-corrected chi connectivity index (χ1v) is 9.63. The second-order valence-corrected chi connectivity index (χ2v) is 7.87. The third-order valence-electron chi connectivity index (χ3n) is 4.91. The molecule has 128 valence electrons. The van der Waals surface area contributed by atoms with Crippen LogP contribution in [0.25, 0.3) is 0 Å². The van der Waals surface area contributed by atoms with Gasteiger partial charge >= 0.3 is 0 Å². The molecule has 0 aromatic carbocycles. The molecule has 1 aliphatic heterocycles. The lowest BCUT2D eigenvalue weighted by molar-refractivity contribution is 0.213. The maximum atomic E-state index is 5.94. The normalized spacial score (nSPS) is 18.5. The molecule has 7 heteroatoms.